The van der Waals surface area contributed by atoms with E-state index in [0.29, 0.717) is 6.04 Å². The van der Waals surface area contributed by atoms with Gasteiger partial charge in [0, 0.05) is 11.4 Å². The van der Waals surface area contributed by atoms with Crippen LogP contribution in [0.15, 0.2) is 0 Å². The highest BCUT2D eigenvalue weighted by atomic mass is 32.1. The maximum atomic E-state index is 10.2. The van der Waals surface area contributed by atoms with E-state index in [9.17, 15) is 5.11 Å². The van der Waals surface area contributed by atoms with Gasteiger partial charge in [0.1, 0.15) is 11.1 Å². The third-order valence-electron chi connectivity index (χ3n) is 3.59. The van der Waals surface area contributed by atoms with Gasteiger partial charge >= 0.3 is 0 Å². The van der Waals surface area contributed by atoms with Crippen LogP contribution in [0, 0.1) is 20.8 Å². The van der Waals surface area contributed by atoms with Crippen molar-refractivity contribution < 1.29 is 5.11 Å². The van der Waals surface area contributed by atoms with Gasteiger partial charge in [0.05, 0.1) is 10.6 Å². The number of aryl methyl sites for hydroxylation is 3. The quantitative estimate of drug-likeness (QED) is 0.835. The third kappa shape index (κ3) is 1.92. The Bertz CT molecular complexity index is 604. The first-order valence-corrected chi connectivity index (χ1v) is 7.06. The van der Waals surface area contributed by atoms with Crippen LogP contribution in [0.5, 0.6) is 0 Å². The van der Waals surface area contributed by atoms with E-state index in [0.717, 1.165) is 26.4 Å². The van der Waals surface area contributed by atoms with Gasteiger partial charge in [0.15, 0.2) is 0 Å². The molecule has 0 amide bonds. The molecular formula is C13H17N3OS. The van der Waals surface area contributed by atoms with Crippen LogP contribution in [0.4, 0.5) is 0 Å². The molecule has 2 aromatic heterocycles. The van der Waals surface area contributed by atoms with Crippen molar-refractivity contribution in [2.45, 2.75) is 45.9 Å². The number of aliphatic hydroxyl groups is 1. The molecule has 96 valence electrons. The highest BCUT2D eigenvalue weighted by molar-refractivity contribution is 7.18. The predicted octanol–water partition coefficient (Wildman–Crippen LogP) is 2.36. The molecule has 4 nitrogen and oxygen atoms in total. The molecular weight excluding hydrogens is 246 g/mol. The summed E-state index contributed by atoms with van der Waals surface area (Å²) in [6.07, 6.45) is 1.76. The van der Waals surface area contributed by atoms with Crippen LogP contribution in [0.1, 0.15) is 40.8 Å². The van der Waals surface area contributed by atoms with Crippen LogP contribution >= 0.6 is 11.3 Å². The number of aromatic nitrogens is 2. The second-order valence-corrected chi connectivity index (χ2v) is 6.06. The Morgan fingerprint density at radius 1 is 1.22 bits per heavy atom. The van der Waals surface area contributed by atoms with Gasteiger partial charge in [0.2, 0.25) is 0 Å². The summed E-state index contributed by atoms with van der Waals surface area (Å²) < 4.78 is 0. The van der Waals surface area contributed by atoms with Gasteiger partial charge in [-0.1, -0.05) is 0 Å². The zero-order valence-corrected chi connectivity index (χ0v) is 11.6. The van der Waals surface area contributed by atoms with E-state index in [4.69, 9.17) is 0 Å². The molecule has 0 aliphatic heterocycles. The van der Waals surface area contributed by atoms with E-state index in [-0.39, 0.29) is 0 Å². The predicted molar refractivity (Wildman–Crippen MR) is 72.7 cm³/mol. The second-order valence-electron chi connectivity index (χ2n) is 5.03. The van der Waals surface area contributed by atoms with Crippen LogP contribution in [-0.2, 0) is 0 Å². The summed E-state index contributed by atoms with van der Waals surface area (Å²) in [7, 11) is 0. The van der Waals surface area contributed by atoms with Crippen LogP contribution < -0.4 is 5.32 Å². The largest absolute Gasteiger partial charge is 0.373 e. The molecule has 1 fully saturated rings. The summed E-state index contributed by atoms with van der Waals surface area (Å²) >= 11 is 1.54. The molecule has 1 atom stereocenters. The number of hydrogen-bond donors (Lipinski definition) is 2. The monoisotopic (exact) mass is 263 g/mol. The summed E-state index contributed by atoms with van der Waals surface area (Å²) in [5.41, 5.74) is 3.25. The first-order valence-electron chi connectivity index (χ1n) is 6.25. The number of hydrogen-bond acceptors (Lipinski definition) is 5. The first kappa shape index (κ1) is 12.0. The SMILES string of the molecule is Cc1nnc2sc(C(O)NC3CC3)c(C)c2c1C. The Hall–Kier alpha value is -1.04. The van der Waals surface area contributed by atoms with Gasteiger partial charge in [-0.25, -0.2) is 0 Å². The molecule has 1 aliphatic rings. The van der Waals surface area contributed by atoms with E-state index in [1.165, 1.54) is 29.7 Å². The Labute approximate surface area is 110 Å². The van der Waals surface area contributed by atoms with Crippen LogP contribution in [0.2, 0.25) is 0 Å². The number of nitrogens with zero attached hydrogens (tertiary/aromatic N) is 2. The topological polar surface area (TPSA) is 58.0 Å². The van der Waals surface area contributed by atoms with Crippen LogP contribution in [0.3, 0.4) is 0 Å². The number of aliphatic hydroxyl groups excluding tert-OH is 1. The average molecular weight is 263 g/mol. The van der Waals surface area contributed by atoms with E-state index in [2.05, 4.69) is 29.4 Å². The lowest BCUT2D eigenvalue weighted by atomic mass is 10.1. The molecule has 0 spiro atoms. The Morgan fingerprint density at radius 3 is 2.61 bits per heavy atom. The molecule has 2 heterocycles. The van der Waals surface area contributed by atoms with E-state index in [1.54, 1.807) is 0 Å². The zero-order valence-electron chi connectivity index (χ0n) is 10.8. The fourth-order valence-electron chi connectivity index (χ4n) is 2.21. The molecule has 2 N–H and O–H groups in total. The fourth-order valence-corrected chi connectivity index (χ4v) is 3.35. The highest BCUT2D eigenvalue weighted by Gasteiger charge is 2.26. The van der Waals surface area contributed by atoms with Crippen molar-refractivity contribution in [1.82, 2.24) is 15.5 Å². The van der Waals surface area contributed by atoms with E-state index in [1.807, 2.05) is 6.92 Å². The number of thiophene rings is 1. The van der Waals surface area contributed by atoms with Crippen molar-refractivity contribution in [1.29, 1.82) is 0 Å². The molecule has 3 rings (SSSR count). The molecule has 1 saturated carbocycles. The minimum Gasteiger partial charge on any atom is -0.373 e. The lowest BCUT2D eigenvalue weighted by Gasteiger charge is -2.11. The maximum absolute atomic E-state index is 10.2. The molecule has 0 radical (unpaired) electrons. The smallest absolute Gasteiger partial charge is 0.147 e. The lowest BCUT2D eigenvalue weighted by Crippen LogP contribution is -2.22. The summed E-state index contributed by atoms with van der Waals surface area (Å²) in [5, 5.41) is 23.0. The third-order valence-corrected chi connectivity index (χ3v) is 4.82. The molecule has 0 saturated heterocycles. The highest BCUT2D eigenvalue weighted by Crippen LogP contribution is 2.36. The molecule has 0 aromatic carbocycles. The van der Waals surface area contributed by atoms with Gasteiger partial charge in [-0.3, -0.25) is 5.32 Å². The maximum Gasteiger partial charge on any atom is 0.147 e. The van der Waals surface area contributed by atoms with Gasteiger partial charge in [-0.15, -0.1) is 16.4 Å². The Morgan fingerprint density at radius 2 is 1.94 bits per heavy atom. The van der Waals surface area contributed by atoms with Crippen molar-refractivity contribution in [3.8, 4) is 0 Å². The molecule has 18 heavy (non-hydrogen) atoms. The van der Waals surface area contributed by atoms with Gasteiger partial charge in [-0.05, 0) is 44.7 Å². The molecule has 1 aliphatic carbocycles. The minimum absolute atomic E-state index is 0.485. The van der Waals surface area contributed by atoms with Gasteiger partial charge in [-0.2, -0.15) is 5.10 Å². The van der Waals surface area contributed by atoms with Crippen LogP contribution in [-0.4, -0.2) is 21.3 Å². The van der Waals surface area contributed by atoms with Crippen molar-refractivity contribution in [2.24, 2.45) is 0 Å². The molecule has 1 unspecified atom stereocenters. The second kappa shape index (κ2) is 4.26. The molecule has 5 heteroatoms. The number of nitrogens with one attached hydrogen (secondary N) is 1. The first-order chi connectivity index (χ1) is 8.58. The van der Waals surface area contributed by atoms with Gasteiger partial charge in [0.25, 0.3) is 0 Å². The van der Waals surface area contributed by atoms with Crippen molar-refractivity contribution in [2.75, 3.05) is 0 Å². The normalized spacial score (nSPS) is 17.3. The molecule has 0 bridgehead atoms. The average Bonchev–Trinajstić information content (AvgIpc) is 3.07. The summed E-state index contributed by atoms with van der Waals surface area (Å²) in [6, 6.07) is 0.485. The molecule has 2 aromatic rings. The van der Waals surface area contributed by atoms with E-state index < -0.39 is 6.23 Å². The number of rotatable bonds is 3. The Balaban J connectivity index is 2.07. The van der Waals surface area contributed by atoms with Crippen molar-refractivity contribution >= 4 is 21.6 Å². The summed E-state index contributed by atoms with van der Waals surface area (Å²) in [6.45, 7) is 6.09. The lowest BCUT2D eigenvalue weighted by molar-refractivity contribution is 0.140. The van der Waals surface area contributed by atoms with Crippen molar-refractivity contribution in [3.63, 3.8) is 0 Å². The number of fused-ring (bicyclic) bond motifs is 1. The fraction of sp³-hybridized carbons (Fsp3) is 0.538. The summed E-state index contributed by atoms with van der Waals surface area (Å²) in [5.74, 6) is 0. The standard InChI is InChI=1S/C13H17N3OS/c1-6-8(3)15-16-13-10(6)7(2)11(18-13)12(17)14-9-4-5-9/h9,12,14,17H,4-5H2,1-3H3. The van der Waals surface area contributed by atoms with Crippen molar-refractivity contribution in [3.05, 3.63) is 21.7 Å². The van der Waals surface area contributed by atoms with Gasteiger partial charge < -0.3 is 5.11 Å². The minimum atomic E-state index is -0.573. The summed E-state index contributed by atoms with van der Waals surface area (Å²) in [4.78, 5) is 1.89. The van der Waals surface area contributed by atoms with Crippen LogP contribution in [0.25, 0.3) is 10.2 Å². The zero-order chi connectivity index (χ0) is 12.9. The van der Waals surface area contributed by atoms with E-state index >= 15 is 0 Å². The Kier molecular flexibility index (Phi) is 2.84.